The molecule has 0 fully saturated rings. The molecule has 2 nitrogen and oxygen atoms in total. The zero-order valence-corrected chi connectivity index (χ0v) is 18.4. The SMILES string of the molecule is CCCCCCCCCCCCC[n+]1ccn(C(C)C)c1CCCCC. The van der Waals surface area contributed by atoms with Gasteiger partial charge in [0.15, 0.2) is 0 Å². The maximum atomic E-state index is 2.53. The molecule has 0 radical (unpaired) electrons. The van der Waals surface area contributed by atoms with Crippen molar-refractivity contribution in [2.24, 2.45) is 0 Å². The molecule has 0 aromatic carbocycles. The second-order valence-electron chi connectivity index (χ2n) is 8.40. The molecule has 0 saturated heterocycles. The van der Waals surface area contributed by atoms with Crippen molar-refractivity contribution >= 4 is 0 Å². The lowest BCUT2D eigenvalue weighted by Crippen LogP contribution is -2.37. The monoisotopic (exact) mass is 363 g/mol. The summed E-state index contributed by atoms with van der Waals surface area (Å²) in [5, 5.41) is 0. The van der Waals surface area contributed by atoms with Crippen LogP contribution in [0.25, 0.3) is 0 Å². The molecule has 0 bridgehead atoms. The standard InChI is InChI=1S/C24H47N2/c1-5-7-9-10-11-12-13-14-15-16-18-20-25-21-22-26(23(3)4)24(25)19-17-8-6-2/h21-23H,5-20H2,1-4H3/q+1. The van der Waals surface area contributed by atoms with E-state index in [-0.39, 0.29) is 0 Å². The first-order valence-electron chi connectivity index (χ1n) is 11.8. The minimum atomic E-state index is 0.574. The first-order chi connectivity index (χ1) is 12.7. The molecule has 1 rings (SSSR count). The molecule has 0 N–H and O–H groups in total. The van der Waals surface area contributed by atoms with Crippen molar-refractivity contribution in [2.75, 3.05) is 0 Å². The Morgan fingerprint density at radius 2 is 1.23 bits per heavy atom. The lowest BCUT2D eigenvalue weighted by Gasteiger charge is -2.08. The summed E-state index contributed by atoms with van der Waals surface area (Å²) >= 11 is 0. The van der Waals surface area contributed by atoms with Crippen molar-refractivity contribution in [3.63, 3.8) is 0 Å². The summed E-state index contributed by atoms with van der Waals surface area (Å²) in [6.07, 6.45) is 25.5. The highest BCUT2D eigenvalue weighted by atomic mass is 15.2. The number of aromatic nitrogens is 2. The van der Waals surface area contributed by atoms with Crippen molar-refractivity contribution in [3.8, 4) is 0 Å². The summed E-state index contributed by atoms with van der Waals surface area (Å²) in [6, 6.07) is 0.574. The van der Waals surface area contributed by atoms with Gasteiger partial charge in [-0.25, -0.2) is 9.13 Å². The quantitative estimate of drug-likeness (QED) is 0.201. The first kappa shape index (κ1) is 23.2. The molecule has 0 aliphatic carbocycles. The molecule has 0 spiro atoms. The molecule has 152 valence electrons. The molecule has 1 aromatic heterocycles. The number of unbranched alkanes of at least 4 members (excludes halogenated alkanes) is 12. The van der Waals surface area contributed by atoms with Crippen molar-refractivity contribution in [1.82, 2.24) is 4.57 Å². The Balaban J connectivity index is 2.18. The third-order valence-electron chi connectivity index (χ3n) is 5.60. The van der Waals surface area contributed by atoms with E-state index in [0.717, 1.165) is 0 Å². The number of hydrogen-bond donors (Lipinski definition) is 0. The van der Waals surface area contributed by atoms with Gasteiger partial charge in [0.05, 0.1) is 12.6 Å². The van der Waals surface area contributed by atoms with Gasteiger partial charge in [0.25, 0.3) is 5.82 Å². The number of aryl methyl sites for hydroxylation is 1. The van der Waals surface area contributed by atoms with Crippen LogP contribution in [0.2, 0.25) is 0 Å². The van der Waals surface area contributed by atoms with Crippen LogP contribution in [0.4, 0.5) is 0 Å². The lowest BCUT2D eigenvalue weighted by atomic mass is 10.1. The van der Waals surface area contributed by atoms with Gasteiger partial charge in [-0.3, -0.25) is 0 Å². The molecule has 1 aromatic rings. The fraction of sp³-hybridized carbons (Fsp3) is 0.875. The van der Waals surface area contributed by atoms with Crippen LogP contribution in [0.3, 0.4) is 0 Å². The first-order valence-corrected chi connectivity index (χ1v) is 11.8. The van der Waals surface area contributed by atoms with Gasteiger partial charge in [0.1, 0.15) is 12.4 Å². The second-order valence-corrected chi connectivity index (χ2v) is 8.40. The largest absolute Gasteiger partial charge is 0.256 e. The van der Waals surface area contributed by atoms with Gasteiger partial charge < -0.3 is 0 Å². The van der Waals surface area contributed by atoms with Crippen molar-refractivity contribution in [3.05, 3.63) is 18.2 Å². The summed E-state index contributed by atoms with van der Waals surface area (Å²) in [4.78, 5) is 0. The third-order valence-corrected chi connectivity index (χ3v) is 5.60. The lowest BCUT2D eigenvalue weighted by molar-refractivity contribution is -0.704. The second kappa shape index (κ2) is 15.3. The predicted octanol–water partition coefficient (Wildman–Crippen LogP) is 7.40. The van der Waals surface area contributed by atoms with E-state index in [4.69, 9.17) is 0 Å². The Kier molecular flexibility index (Phi) is 13.7. The van der Waals surface area contributed by atoms with E-state index in [9.17, 15) is 0 Å². The van der Waals surface area contributed by atoms with Gasteiger partial charge in [0, 0.05) is 6.42 Å². The Bertz CT molecular complexity index is 433. The van der Waals surface area contributed by atoms with Crippen LogP contribution in [-0.4, -0.2) is 4.57 Å². The minimum absolute atomic E-state index is 0.574. The molecule has 0 aliphatic heterocycles. The molecule has 1 heterocycles. The molecule has 26 heavy (non-hydrogen) atoms. The highest BCUT2D eigenvalue weighted by Gasteiger charge is 2.18. The maximum Gasteiger partial charge on any atom is 0.256 e. The summed E-state index contributed by atoms with van der Waals surface area (Å²) in [5.74, 6) is 1.54. The third kappa shape index (κ3) is 9.78. The summed E-state index contributed by atoms with van der Waals surface area (Å²) in [5.41, 5.74) is 0. The molecular formula is C24H47N2+. The van der Waals surface area contributed by atoms with Crippen LogP contribution in [-0.2, 0) is 13.0 Å². The molecule has 0 amide bonds. The highest BCUT2D eigenvalue weighted by molar-refractivity contribution is 4.86. The average Bonchev–Trinajstić information content (AvgIpc) is 3.03. The highest BCUT2D eigenvalue weighted by Crippen LogP contribution is 2.13. The number of hydrogen-bond acceptors (Lipinski definition) is 0. The molecule has 0 aliphatic rings. The normalized spacial score (nSPS) is 11.6. The van der Waals surface area contributed by atoms with E-state index >= 15 is 0 Å². The molecule has 0 unspecified atom stereocenters. The molecule has 0 saturated carbocycles. The van der Waals surface area contributed by atoms with Gasteiger partial charge in [0.2, 0.25) is 0 Å². The topological polar surface area (TPSA) is 8.81 Å². The molecule has 2 heteroatoms. The van der Waals surface area contributed by atoms with Gasteiger partial charge in [-0.2, -0.15) is 0 Å². The van der Waals surface area contributed by atoms with Crippen LogP contribution in [0.5, 0.6) is 0 Å². The molecular weight excluding hydrogens is 316 g/mol. The van der Waals surface area contributed by atoms with Crippen molar-refractivity contribution in [2.45, 2.75) is 137 Å². The fourth-order valence-corrected chi connectivity index (χ4v) is 3.90. The summed E-state index contributed by atoms with van der Waals surface area (Å²) in [6.45, 7) is 10.4. The van der Waals surface area contributed by atoms with Crippen LogP contribution < -0.4 is 4.57 Å². The number of imidazole rings is 1. The number of nitrogens with zero attached hydrogens (tertiary/aromatic N) is 2. The van der Waals surface area contributed by atoms with Gasteiger partial charge in [-0.1, -0.05) is 84.5 Å². The Morgan fingerprint density at radius 1 is 0.731 bits per heavy atom. The van der Waals surface area contributed by atoms with Gasteiger partial charge in [-0.15, -0.1) is 0 Å². The molecule has 0 atom stereocenters. The maximum absolute atomic E-state index is 2.53. The predicted molar refractivity (Wildman–Crippen MR) is 115 cm³/mol. The van der Waals surface area contributed by atoms with Crippen LogP contribution >= 0.6 is 0 Å². The summed E-state index contributed by atoms with van der Waals surface area (Å²) < 4.78 is 5.01. The van der Waals surface area contributed by atoms with Crippen LogP contribution in [0, 0.1) is 0 Å². The van der Waals surface area contributed by atoms with E-state index in [1.807, 2.05) is 0 Å². The van der Waals surface area contributed by atoms with Crippen molar-refractivity contribution in [1.29, 1.82) is 0 Å². The zero-order chi connectivity index (χ0) is 19.0. The fourth-order valence-electron chi connectivity index (χ4n) is 3.90. The Labute approximate surface area is 164 Å². The van der Waals surface area contributed by atoms with Crippen LogP contribution in [0.1, 0.15) is 129 Å². The van der Waals surface area contributed by atoms with E-state index in [1.165, 1.54) is 103 Å². The van der Waals surface area contributed by atoms with Gasteiger partial charge in [-0.05, 0) is 33.1 Å². The van der Waals surface area contributed by atoms with Crippen LogP contribution in [0.15, 0.2) is 12.4 Å². The van der Waals surface area contributed by atoms with Crippen molar-refractivity contribution < 1.29 is 4.57 Å². The Morgan fingerprint density at radius 3 is 1.77 bits per heavy atom. The smallest absolute Gasteiger partial charge is 0.234 e. The number of rotatable bonds is 17. The Hall–Kier alpha value is -0.790. The van der Waals surface area contributed by atoms with Gasteiger partial charge >= 0.3 is 0 Å². The minimum Gasteiger partial charge on any atom is -0.234 e. The van der Waals surface area contributed by atoms with E-state index < -0.39 is 0 Å². The van der Waals surface area contributed by atoms with E-state index in [1.54, 1.807) is 5.82 Å². The van der Waals surface area contributed by atoms with E-state index in [0.29, 0.717) is 6.04 Å². The zero-order valence-electron chi connectivity index (χ0n) is 18.4. The average molecular weight is 364 g/mol. The van der Waals surface area contributed by atoms with E-state index in [2.05, 4.69) is 49.2 Å². The summed E-state index contributed by atoms with van der Waals surface area (Å²) in [7, 11) is 0.